The molecule has 8 heteroatoms. The summed E-state index contributed by atoms with van der Waals surface area (Å²) in [6.45, 7) is 2.07. The van der Waals surface area contributed by atoms with Gasteiger partial charge in [-0.25, -0.2) is 4.98 Å². The first-order chi connectivity index (χ1) is 20.9. The Labute approximate surface area is 253 Å². The molecule has 3 aliphatic rings. The molecule has 0 saturated heterocycles. The Hall–Kier alpha value is -4.95. The second kappa shape index (κ2) is 10.4. The number of aromatic nitrogens is 1. The zero-order valence-corrected chi connectivity index (χ0v) is 24.4. The number of methoxy groups -OCH3 is 1. The van der Waals surface area contributed by atoms with E-state index in [0.717, 1.165) is 12.0 Å². The number of nitrogens with zero attached hydrogens (tertiary/aromatic N) is 1. The summed E-state index contributed by atoms with van der Waals surface area (Å²) in [5.74, 6) is 0.0441. The molecule has 2 amide bonds. The summed E-state index contributed by atoms with van der Waals surface area (Å²) in [6, 6.07) is 28.8. The molecule has 2 bridgehead atoms. The smallest absolute Gasteiger partial charge is 0.255 e. The van der Waals surface area contributed by atoms with E-state index >= 15 is 0 Å². The summed E-state index contributed by atoms with van der Waals surface area (Å²) >= 11 is 1.37. The van der Waals surface area contributed by atoms with E-state index in [1.165, 1.54) is 46.8 Å². The van der Waals surface area contributed by atoms with Crippen LogP contribution in [0.4, 0.5) is 10.8 Å². The second-order valence-corrected chi connectivity index (χ2v) is 12.1. The first kappa shape index (κ1) is 26.9. The van der Waals surface area contributed by atoms with Crippen molar-refractivity contribution in [2.24, 2.45) is 5.41 Å². The van der Waals surface area contributed by atoms with Crippen LogP contribution in [-0.4, -0.2) is 29.0 Å². The monoisotopic (exact) mass is 587 g/mol. The fraction of sp³-hybridized carbons (Fsp3) is 0.171. The van der Waals surface area contributed by atoms with Crippen molar-refractivity contribution < 1.29 is 19.4 Å². The lowest BCUT2D eigenvalue weighted by Gasteiger charge is -2.50. The van der Waals surface area contributed by atoms with E-state index in [9.17, 15) is 14.7 Å². The Morgan fingerprint density at radius 1 is 0.907 bits per heavy atom. The molecule has 0 spiro atoms. The van der Waals surface area contributed by atoms with Crippen molar-refractivity contribution in [3.63, 3.8) is 0 Å². The minimum absolute atomic E-state index is 0.0351. The topological polar surface area (TPSA) is 101 Å². The number of ether oxygens (including phenoxy) is 1. The molecule has 3 aliphatic carbocycles. The zero-order chi connectivity index (χ0) is 29.7. The van der Waals surface area contributed by atoms with Crippen molar-refractivity contribution in [2.75, 3.05) is 17.7 Å². The molecule has 1 unspecified atom stereocenters. The zero-order valence-electron chi connectivity index (χ0n) is 23.6. The van der Waals surface area contributed by atoms with Gasteiger partial charge in [-0.15, -0.1) is 11.3 Å². The van der Waals surface area contributed by atoms with Crippen LogP contribution in [0.25, 0.3) is 11.3 Å². The van der Waals surface area contributed by atoms with Gasteiger partial charge < -0.3 is 20.5 Å². The molecule has 1 atom stereocenters. The number of hydrogen-bond donors (Lipinski definition) is 3. The summed E-state index contributed by atoms with van der Waals surface area (Å²) in [7, 11) is 1.46. The summed E-state index contributed by atoms with van der Waals surface area (Å²) in [6.07, 6.45) is 0.735. The van der Waals surface area contributed by atoms with Crippen molar-refractivity contribution in [3.8, 4) is 22.8 Å². The summed E-state index contributed by atoms with van der Waals surface area (Å²) in [5.41, 5.74) is 6.78. The van der Waals surface area contributed by atoms with E-state index in [2.05, 4.69) is 66.1 Å². The van der Waals surface area contributed by atoms with Crippen molar-refractivity contribution >= 4 is 34.0 Å². The third-order valence-electron chi connectivity index (χ3n) is 8.73. The number of phenols is 1. The van der Waals surface area contributed by atoms with Crippen LogP contribution in [0, 0.1) is 5.41 Å². The first-order valence-corrected chi connectivity index (χ1v) is 15.0. The SMILES string of the molecule is COc1ccc(NC(=O)c2cccc(-c3csc(NC(=O)C4(C)CC5c6ccccc6C4c4ccccc45)n3)c2)cc1O. The van der Waals surface area contributed by atoms with E-state index in [1.807, 2.05) is 11.4 Å². The molecular weight excluding hydrogens is 558 g/mol. The van der Waals surface area contributed by atoms with Crippen LogP contribution in [0.15, 0.2) is 96.4 Å². The van der Waals surface area contributed by atoms with Gasteiger partial charge in [-0.3, -0.25) is 9.59 Å². The van der Waals surface area contributed by atoms with Crippen molar-refractivity contribution in [1.29, 1.82) is 0 Å². The molecule has 8 rings (SSSR count). The molecule has 0 aliphatic heterocycles. The van der Waals surface area contributed by atoms with E-state index < -0.39 is 5.41 Å². The Bertz CT molecular complexity index is 1850. The maximum Gasteiger partial charge on any atom is 0.255 e. The van der Waals surface area contributed by atoms with Crippen LogP contribution >= 0.6 is 11.3 Å². The highest BCUT2D eigenvalue weighted by molar-refractivity contribution is 7.14. The molecule has 0 fully saturated rings. The van der Waals surface area contributed by atoms with Gasteiger partial charge in [0.1, 0.15) is 0 Å². The van der Waals surface area contributed by atoms with E-state index in [-0.39, 0.29) is 29.4 Å². The Balaban J connectivity index is 1.11. The lowest BCUT2D eigenvalue weighted by Crippen LogP contribution is -2.47. The normalized spacial score (nSPS) is 19.7. The van der Waals surface area contributed by atoms with Gasteiger partial charge in [0, 0.05) is 40.1 Å². The van der Waals surface area contributed by atoms with Crippen LogP contribution in [0.2, 0.25) is 0 Å². The Morgan fingerprint density at radius 3 is 2.28 bits per heavy atom. The van der Waals surface area contributed by atoms with Gasteiger partial charge in [0.05, 0.1) is 18.2 Å². The van der Waals surface area contributed by atoms with Crippen LogP contribution < -0.4 is 15.4 Å². The summed E-state index contributed by atoms with van der Waals surface area (Å²) in [5, 5.41) is 18.4. The number of nitrogens with one attached hydrogen (secondary N) is 2. The van der Waals surface area contributed by atoms with Crippen LogP contribution in [-0.2, 0) is 4.79 Å². The average Bonchev–Trinajstić information content (AvgIpc) is 3.50. The summed E-state index contributed by atoms with van der Waals surface area (Å²) in [4.78, 5) is 31.7. The van der Waals surface area contributed by atoms with Crippen LogP contribution in [0.3, 0.4) is 0 Å². The number of benzene rings is 4. The fourth-order valence-electron chi connectivity index (χ4n) is 6.68. The second-order valence-electron chi connectivity index (χ2n) is 11.3. The molecule has 3 N–H and O–H groups in total. The molecule has 0 saturated carbocycles. The van der Waals surface area contributed by atoms with Crippen molar-refractivity contribution in [1.82, 2.24) is 4.98 Å². The van der Waals surface area contributed by atoms with Gasteiger partial charge in [0.2, 0.25) is 5.91 Å². The van der Waals surface area contributed by atoms with E-state index in [0.29, 0.717) is 27.8 Å². The van der Waals surface area contributed by atoms with Crippen molar-refractivity contribution in [3.05, 3.63) is 124 Å². The standard InChI is InChI=1S/C35H29N3O4S/c1-35(18-27-23-10-3-5-12-25(23)31(35)26-13-6-4-11-24(26)27)33(41)38-34-37-28(19-43-34)20-8-7-9-21(16-20)32(40)36-22-14-15-30(42-2)29(39)17-22/h3-17,19,27,31,39H,18H2,1-2H3,(H,36,40)(H,37,38,41). The number of amides is 2. The van der Waals surface area contributed by atoms with E-state index in [1.54, 1.807) is 30.3 Å². The van der Waals surface area contributed by atoms with Crippen LogP contribution in [0.5, 0.6) is 11.5 Å². The third kappa shape index (κ3) is 4.55. The number of hydrogen-bond acceptors (Lipinski definition) is 6. The predicted molar refractivity (Wildman–Crippen MR) is 168 cm³/mol. The van der Waals surface area contributed by atoms with Gasteiger partial charge in [0.15, 0.2) is 16.6 Å². The van der Waals surface area contributed by atoms with Gasteiger partial charge in [-0.05, 0) is 59.9 Å². The highest BCUT2D eigenvalue weighted by Gasteiger charge is 2.54. The van der Waals surface area contributed by atoms with E-state index in [4.69, 9.17) is 9.72 Å². The number of anilines is 2. The predicted octanol–water partition coefficient (Wildman–Crippen LogP) is 7.40. The molecule has 0 radical (unpaired) electrons. The number of carbonyl (C=O) groups excluding carboxylic acids is 2. The average molecular weight is 588 g/mol. The molecule has 1 aromatic heterocycles. The minimum atomic E-state index is -0.632. The highest BCUT2D eigenvalue weighted by Crippen LogP contribution is 2.61. The lowest BCUT2D eigenvalue weighted by atomic mass is 9.52. The van der Waals surface area contributed by atoms with Crippen molar-refractivity contribution in [2.45, 2.75) is 25.2 Å². The number of rotatable bonds is 6. The number of carbonyl (C=O) groups is 2. The molecule has 4 aromatic carbocycles. The Morgan fingerprint density at radius 2 is 1.60 bits per heavy atom. The molecule has 1 heterocycles. The maximum atomic E-state index is 14.0. The highest BCUT2D eigenvalue weighted by atomic mass is 32.1. The van der Waals surface area contributed by atoms with Crippen LogP contribution in [0.1, 0.15) is 57.8 Å². The number of phenolic OH excluding ortho intramolecular Hbond substituents is 1. The largest absolute Gasteiger partial charge is 0.504 e. The number of aromatic hydroxyl groups is 1. The van der Waals surface area contributed by atoms with Gasteiger partial charge >= 0.3 is 0 Å². The van der Waals surface area contributed by atoms with Gasteiger partial charge in [-0.2, -0.15) is 0 Å². The molecule has 5 aromatic rings. The number of thiazole rings is 1. The lowest BCUT2D eigenvalue weighted by molar-refractivity contribution is -0.126. The molecular formula is C35H29N3O4S. The molecule has 43 heavy (non-hydrogen) atoms. The quantitative estimate of drug-likeness (QED) is 0.192. The first-order valence-electron chi connectivity index (χ1n) is 14.1. The maximum absolute atomic E-state index is 14.0. The minimum Gasteiger partial charge on any atom is -0.504 e. The fourth-order valence-corrected chi connectivity index (χ4v) is 7.40. The number of fused-ring (bicyclic) bond motifs is 1. The Kier molecular flexibility index (Phi) is 6.51. The third-order valence-corrected chi connectivity index (χ3v) is 9.49. The molecule has 7 nitrogen and oxygen atoms in total. The molecule has 214 valence electrons. The summed E-state index contributed by atoms with van der Waals surface area (Å²) < 4.78 is 5.07. The van der Waals surface area contributed by atoms with Gasteiger partial charge in [-0.1, -0.05) is 60.7 Å². The van der Waals surface area contributed by atoms with Gasteiger partial charge in [0.25, 0.3) is 5.91 Å².